The number of nitrogens with one attached hydrogen (secondary N) is 1. The zero-order chi connectivity index (χ0) is 17.7. The topological polar surface area (TPSA) is 127 Å². The van der Waals surface area contributed by atoms with E-state index in [1.54, 1.807) is 12.1 Å². The normalized spacial score (nSPS) is 16.8. The molecule has 8 nitrogen and oxygen atoms in total. The lowest BCUT2D eigenvalue weighted by Gasteiger charge is -2.27. The summed E-state index contributed by atoms with van der Waals surface area (Å²) in [7, 11) is 0. The number of nitrogens with zero attached hydrogens (tertiary/aromatic N) is 3. The Hall–Kier alpha value is -2.68. The number of fused-ring (bicyclic) bond motifs is 2. The number of anilines is 1. The maximum atomic E-state index is 12.1. The van der Waals surface area contributed by atoms with Crippen LogP contribution >= 0.6 is 15.9 Å². The number of H-pyrrole nitrogens is 1. The van der Waals surface area contributed by atoms with E-state index in [4.69, 9.17) is 5.73 Å². The summed E-state index contributed by atoms with van der Waals surface area (Å²) in [6.45, 7) is 0. The lowest BCUT2D eigenvalue weighted by atomic mass is 9.86. The van der Waals surface area contributed by atoms with E-state index in [0.717, 1.165) is 30.4 Å². The quantitative estimate of drug-likeness (QED) is 0.562. The van der Waals surface area contributed by atoms with Gasteiger partial charge in [0.15, 0.2) is 15.9 Å². The second kappa shape index (κ2) is 5.69. The number of aromatic carboxylic acids is 1. The molecule has 128 valence electrons. The molecule has 25 heavy (non-hydrogen) atoms. The molecule has 0 amide bonds. The molecule has 0 aliphatic heterocycles. The van der Waals surface area contributed by atoms with Gasteiger partial charge in [0.05, 0.1) is 11.6 Å². The van der Waals surface area contributed by atoms with Crippen molar-refractivity contribution in [1.82, 2.24) is 19.5 Å². The highest BCUT2D eigenvalue weighted by molar-refractivity contribution is 9.10. The number of carboxylic acids is 1. The Labute approximate surface area is 149 Å². The molecule has 1 aliphatic rings. The fraction of sp³-hybridized carbons (Fsp3) is 0.250. The third-order valence-corrected chi connectivity index (χ3v) is 5.07. The lowest BCUT2D eigenvalue weighted by Crippen LogP contribution is -2.20. The van der Waals surface area contributed by atoms with Crippen molar-refractivity contribution in [2.75, 3.05) is 5.73 Å². The molecule has 0 saturated carbocycles. The van der Waals surface area contributed by atoms with Gasteiger partial charge in [-0.25, -0.2) is 9.78 Å². The predicted molar refractivity (Wildman–Crippen MR) is 94.7 cm³/mol. The Morgan fingerprint density at radius 2 is 2.20 bits per heavy atom. The standard InChI is InChI=1S/C16H14BrN5O3/c17-15-19-11-12(20-16(18)21-13(11)23)22(15)10-3-1-2-7-4-5-8(14(24)25)6-9(7)10/h4-6,10H,1-3H2,(H,24,25)(H3,18,20,21,23). The molecule has 0 radical (unpaired) electrons. The van der Waals surface area contributed by atoms with E-state index in [9.17, 15) is 14.7 Å². The van der Waals surface area contributed by atoms with Gasteiger partial charge in [0.2, 0.25) is 5.95 Å². The Morgan fingerprint density at radius 1 is 1.40 bits per heavy atom. The molecule has 0 bridgehead atoms. The van der Waals surface area contributed by atoms with Crippen LogP contribution in [0.2, 0.25) is 0 Å². The van der Waals surface area contributed by atoms with E-state index < -0.39 is 11.5 Å². The van der Waals surface area contributed by atoms with E-state index in [0.29, 0.717) is 10.4 Å². The van der Waals surface area contributed by atoms with Crippen molar-refractivity contribution in [3.05, 3.63) is 50.0 Å². The number of aromatic nitrogens is 4. The van der Waals surface area contributed by atoms with Gasteiger partial charge in [-0.2, -0.15) is 4.98 Å². The average molecular weight is 404 g/mol. The summed E-state index contributed by atoms with van der Waals surface area (Å²) in [5.74, 6) is -0.957. The summed E-state index contributed by atoms with van der Waals surface area (Å²) >= 11 is 3.41. The van der Waals surface area contributed by atoms with E-state index >= 15 is 0 Å². The van der Waals surface area contributed by atoms with Crippen molar-refractivity contribution < 1.29 is 9.90 Å². The molecule has 3 aromatic rings. The molecule has 2 heterocycles. The first-order valence-electron chi connectivity index (χ1n) is 7.75. The summed E-state index contributed by atoms with van der Waals surface area (Å²) in [6, 6.07) is 4.99. The molecule has 1 atom stereocenters. The van der Waals surface area contributed by atoms with Gasteiger partial charge in [-0.05, 0) is 58.5 Å². The fourth-order valence-corrected chi connectivity index (χ4v) is 4.02. The van der Waals surface area contributed by atoms with Gasteiger partial charge < -0.3 is 10.8 Å². The molecule has 1 aliphatic carbocycles. The van der Waals surface area contributed by atoms with E-state index in [1.807, 2.05) is 10.6 Å². The fourth-order valence-electron chi connectivity index (χ4n) is 3.43. The number of imidazole rings is 1. The first-order valence-corrected chi connectivity index (χ1v) is 8.54. The van der Waals surface area contributed by atoms with Gasteiger partial charge in [0.1, 0.15) is 0 Å². The summed E-state index contributed by atoms with van der Waals surface area (Å²) in [5.41, 5.74) is 8.10. The molecule has 4 rings (SSSR count). The van der Waals surface area contributed by atoms with Crippen LogP contribution in [0.1, 0.15) is 40.4 Å². The molecule has 0 spiro atoms. The zero-order valence-corrected chi connectivity index (χ0v) is 14.6. The van der Waals surface area contributed by atoms with Gasteiger partial charge >= 0.3 is 5.97 Å². The van der Waals surface area contributed by atoms with E-state index in [2.05, 4.69) is 30.9 Å². The molecule has 2 aromatic heterocycles. The van der Waals surface area contributed by atoms with Crippen LogP contribution in [-0.4, -0.2) is 30.6 Å². The van der Waals surface area contributed by atoms with Crippen molar-refractivity contribution in [3.63, 3.8) is 0 Å². The van der Waals surface area contributed by atoms with Crippen LogP contribution in [0, 0.1) is 0 Å². The number of nitrogens with two attached hydrogens (primary N) is 1. The molecule has 1 aromatic carbocycles. The largest absolute Gasteiger partial charge is 0.478 e. The summed E-state index contributed by atoms with van der Waals surface area (Å²) < 4.78 is 2.27. The number of aromatic amines is 1. The van der Waals surface area contributed by atoms with Crippen molar-refractivity contribution >= 4 is 39.0 Å². The predicted octanol–water partition coefficient (Wildman–Crippen LogP) is 2.09. The Balaban J connectivity index is 1.97. The second-order valence-corrected chi connectivity index (χ2v) is 6.71. The van der Waals surface area contributed by atoms with Crippen LogP contribution in [0.3, 0.4) is 0 Å². The van der Waals surface area contributed by atoms with Crippen molar-refractivity contribution in [1.29, 1.82) is 0 Å². The molecular formula is C16H14BrN5O3. The number of aryl methyl sites for hydroxylation is 1. The Morgan fingerprint density at radius 3 is 2.96 bits per heavy atom. The number of carboxylic acid groups (broad SMARTS) is 1. The minimum atomic E-state index is -0.972. The van der Waals surface area contributed by atoms with Crippen LogP contribution in [-0.2, 0) is 6.42 Å². The van der Waals surface area contributed by atoms with E-state index in [-0.39, 0.29) is 23.1 Å². The van der Waals surface area contributed by atoms with Gasteiger partial charge in [-0.3, -0.25) is 14.3 Å². The third-order valence-electron chi connectivity index (χ3n) is 4.51. The molecule has 0 saturated heterocycles. The number of halogens is 1. The van der Waals surface area contributed by atoms with Crippen molar-refractivity contribution in [2.45, 2.75) is 25.3 Å². The van der Waals surface area contributed by atoms with Crippen LogP contribution in [0.4, 0.5) is 5.95 Å². The molecule has 9 heteroatoms. The third kappa shape index (κ3) is 2.51. The van der Waals surface area contributed by atoms with Gasteiger partial charge in [-0.1, -0.05) is 6.07 Å². The highest BCUT2D eigenvalue weighted by Crippen LogP contribution is 2.37. The number of benzene rings is 1. The van der Waals surface area contributed by atoms with Crippen LogP contribution < -0.4 is 11.3 Å². The van der Waals surface area contributed by atoms with Gasteiger partial charge in [0.25, 0.3) is 5.56 Å². The van der Waals surface area contributed by atoms with Crippen LogP contribution in [0.25, 0.3) is 11.2 Å². The first-order chi connectivity index (χ1) is 12.0. The summed E-state index contributed by atoms with van der Waals surface area (Å²) in [6.07, 6.45) is 2.61. The van der Waals surface area contributed by atoms with Crippen molar-refractivity contribution in [2.24, 2.45) is 0 Å². The minimum Gasteiger partial charge on any atom is -0.478 e. The smallest absolute Gasteiger partial charge is 0.335 e. The van der Waals surface area contributed by atoms with Gasteiger partial charge in [0, 0.05) is 0 Å². The van der Waals surface area contributed by atoms with Crippen molar-refractivity contribution in [3.8, 4) is 0 Å². The maximum absolute atomic E-state index is 12.1. The first kappa shape index (κ1) is 15.8. The molecular weight excluding hydrogens is 390 g/mol. The lowest BCUT2D eigenvalue weighted by molar-refractivity contribution is 0.0696. The number of carbonyl (C=O) groups is 1. The summed E-state index contributed by atoms with van der Waals surface area (Å²) in [4.78, 5) is 34.4. The Bertz CT molecular complexity index is 1070. The van der Waals surface area contributed by atoms with Gasteiger partial charge in [-0.15, -0.1) is 0 Å². The van der Waals surface area contributed by atoms with Crippen LogP contribution in [0.15, 0.2) is 27.7 Å². The number of nitrogen functional groups attached to an aromatic ring is 1. The van der Waals surface area contributed by atoms with E-state index in [1.165, 1.54) is 0 Å². The number of hydrogen-bond acceptors (Lipinski definition) is 5. The number of hydrogen-bond donors (Lipinski definition) is 3. The molecule has 0 fully saturated rings. The number of rotatable bonds is 2. The maximum Gasteiger partial charge on any atom is 0.335 e. The minimum absolute atomic E-state index is 0.0152. The second-order valence-electron chi connectivity index (χ2n) is 6.00. The molecule has 4 N–H and O–H groups in total. The molecule has 1 unspecified atom stereocenters. The zero-order valence-electron chi connectivity index (χ0n) is 13.0. The highest BCUT2D eigenvalue weighted by Gasteiger charge is 2.27. The highest BCUT2D eigenvalue weighted by atomic mass is 79.9. The van der Waals surface area contributed by atoms with Crippen LogP contribution in [0.5, 0.6) is 0 Å². The Kier molecular flexibility index (Phi) is 3.60. The monoisotopic (exact) mass is 403 g/mol. The average Bonchev–Trinajstić information content (AvgIpc) is 2.90. The SMILES string of the molecule is Nc1nc2c(nc(Br)n2C2CCCc3ccc(C(=O)O)cc32)c(=O)[nH]1. The summed E-state index contributed by atoms with van der Waals surface area (Å²) in [5, 5.41) is 9.30.